The summed E-state index contributed by atoms with van der Waals surface area (Å²) < 4.78 is 20.6. The topological polar surface area (TPSA) is 75.6 Å². The highest BCUT2D eigenvalue weighted by atomic mass is 35.5. The molecule has 0 spiro atoms. The molecule has 108 valence electrons. The molecule has 1 heterocycles. The van der Waals surface area contributed by atoms with Crippen LogP contribution in [0.3, 0.4) is 0 Å². The van der Waals surface area contributed by atoms with E-state index in [1.807, 2.05) is 6.92 Å². The van der Waals surface area contributed by atoms with Gasteiger partial charge in [-0.25, -0.2) is 0 Å². The number of ether oxygens (including phenoxy) is 4. The highest BCUT2D eigenvalue weighted by Gasteiger charge is 2.06. The molecule has 0 aliphatic rings. The summed E-state index contributed by atoms with van der Waals surface area (Å²) in [6.45, 7) is 4.29. The zero-order valence-electron chi connectivity index (χ0n) is 11.1. The maximum atomic E-state index is 5.74. The van der Waals surface area contributed by atoms with Crippen LogP contribution in [0.2, 0.25) is 5.28 Å². The molecule has 0 aromatic carbocycles. The fourth-order valence-electron chi connectivity index (χ4n) is 1.07. The molecule has 0 unspecified atom stereocenters. The second kappa shape index (κ2) is 9.71. The van der Waals surface area contributed by atoms with Gasteiger partial charge in [0, 0.05) is 7.11 Å². The molecule has 0 fully saturated rings. The van der Waals surface area contributed by atoms with Crippen molar-refractivity contribution in [3.05, 3.63) is 5.28 Å². The van der Waals surface area contributed by atoms with Crippen LogP contribution in [0, 0.1) is 0 Å². The molecule has 1 rings (SSSR count). The number of hydrogen-bond acceptors (Lipinski definition) is 7. The molecule has 7 nitrogen and oxygen atoms in total. The summed E-state index contributed by atoms with van der Waals surface area (Å²) >= 11 is 5.74. The lowest BCUT2D eigenvalue weighted by Crippen LogP contribution is -2.12. The largest absolute Gasteiger partial charge is 0.463 e. The van der Waals surface area contributed by atoms with E-state index in [4.69, 9.17) is 30.5 Å². The predicted molar refractivity (Wildman–Crippen MR) is 68.8 cm³/mol. The van der Waals surface area contributed by atoms with Crippen LogP contribution in [0.25, 0.3) is 0 Å². The lowest BCUT2D eigenvalue weighted by molar-refractivity contribution is 0.0526. The van der Waals surface area contributed by atoms with Crippen LogP contribution in [0.1, 0.15) is 13.3 Å². The van der Waals surface area contributed by atoms with Crippen LogP contribution >= 0.6 is 11.6 Å². The Morgan fingerprint density at radius 1 is 0.895 bits per heavy atom. The zero-order chi connectivity index (χ0) is 13.9. The Labute approximate surface area is 117 Å². The summed E-state index contributed by atoms with van der Waals surface area (Å²) in [5.41, 5.74) is 0. The molecule has 1 aromatic heterocycles. The van der Waals surface area contributed by atoms with E-state index in [2.05, 4.69) is 15.0 Å². The lowest BCUT2D eigenvalue weighted by Gasteiger charge is -2.07. The molecule has 0 saturated heterocycles. The highest BCUT2D eigenvalue weighted by Crippen LogP contribution is 2.13. The van der Waals surface area contributed by atoms with Gasteiger partial charge < -0.3 is 18.9 Å². The minimum absolute atomic E-state index is 0.0383. The molecule has 0 bridgehead atoms. The number of nitrogens with zero attached hydrogens (tertiary/aromatic N) is 3. The minimum atomic E-state index is 0.0383. The molecule has 0 amide bonds. The van der Waals surface area contributed by atoms with Crippen LogP contribution in [-0.4, -0.2) is 55.1 Å². The van der Waals surface area contributed by atoms with Crippen molar-refractivity contribution < 1.29 is 18.9 Å². The SMILES string of the molecule is CCCOc1nc(Cl)nc(OCCOCCOC)n1. The molecule has 8 heteroatoms. The summed E-state index contributed by atoms with van der Waals surface area (Å²) in [7, 11) is 1.62. The van der Waals surface area contributed by atoms with Gasteiger partial charge in [-0.1, -0.05) is 6.92 Å². The zero-order valence-corrected chi connectivity index (χ0v) is 11.9. The predicted octanol–water partition coefficient (Wildman–Crippen LogP) is 1.36. The minimum Gasteiger partial charge on any atom is -0.463 e. The van der Waals surface area contributed by atoms with Gasteiger partial charge in [-0.15, -0.1) is 4.98 Å². The molecule has 0 aliphatic carbocycles. The fraction of sp³-hybridized carbons (Fsp3) is 0.727. The maximum absolute atomic E-state index is 5.74. The first-order valence-corrected chi connectivity index (χ1v) is 6.38. The average molecular weight is 292 g/mol. The standard InChI is InChI=1S/C11H18ClN3O4/c1-3-4-18-10-13-9(12)14-11(15-10)19-8-7-17-6-5-16-2/h3-8H2,1-2H3. The third-order valence-corrected chi connectivity index (χ3v) is 2.06. The summed E-state index contributed by atoms with van der Waals surface area (Å²) in [6, 6.07) is 0.290. The molecule has 0 N–H and O–H groups in total. The molecule has 0 aliphatic heterocycles. The van der Waals surface area contributed by atoms with Crippen molar-refractivity contribution >= 4 is 11.6 Å². The Hall–Kier alpha value is -1.18. The summed E-state index contributed by atoms with van der Waals surface area (Å²) in [5.74, 6) is 0. The number of hydrogen-bond donors (Lipinski definition) is 0. The van der Waals surface area contributed by atoms with Crippen molar-refractivity contribution in [3.63, 3.8) is 0 Å². The Balaban J connectivity index is 2.34. The van der Waals surface area contributed by atoms with Gasteiger partial charge in [0.2, 0.25) is 5.28 Å². The second-order valence-corrected chi connectivity index (χ2v) is 3.81. The van der Waals surface area contributed by atoms with Crippen LogP contribution in [0.5, 0.6) is 12.0 Å². The van der Waals surface area contributed by atoms with Crippen molar-refractivity contribution in [2.24, 2.45) is 0 Å². The molecule has 1 aromatic rings. The Morgan fingerprint density at radius 3 is 2.16 bits per heavy atom. The first-order chi connectivity index (χ1) is 9.26. The smallest absolute Gasteiger partial charge is 0.324 e. The Morgan fingerprint density at radius 2 is 1.53 bits per heavy atom. The van der Waals surface area contributed by atoms with Gasteiger partial charge in [0.15, 0.2) is 0 Å². The molecular weight excluding hydrogens is 274 g/mol. The van der Waals surface area contributed by atoms with Crippen LogP contribution in [-0.2, 0) is 9.47 Å². The average Bonchev–Trinajstić information content (AvgIpc) is 2.40. The van der Waals surface area contributed by atoms with Crippen molar-refractivity contribution in [2.75, 3.05) is 40.1 Å². The molecule has 19 heavy (non-hydrogen) atoms. The van der Waals surface area contributed by atoms with E-state index >= 15 is 0 Å². The van der Waals surface area contributed by atoms with E-state index in [1.54, 1.807) is 7.11 Å². The van der Waals surface area contributed by atoms with Gasteiger partial charge >= 0.3 is 12.0 Å². The normalized spacial score (nSPS) is 10.5. The Kier molecular flexibility index (Phi) is 8.11. The van der Waals surface area contributed by atoms with E-state index in [0.717, 1.165) is 6.42 Å². The molecule has 0 atom stereocenters. The summed E-state index contributed by atoms with van der Waals surface area (Å²) in [6.07, 6.45) is 0.854. The van der Waals surface area contributed by atoms with Gasteiger partial charge in [0.05, 0.1) is 26.4 Å². The quantitative estimate of drug-likeness (QED) is 0.602. The third-order valence-electron chi connectivity index (χ3n) is 1.89. The van der Waals surface area contributed by atoms with Gasteiger partial charge in [0.1, 0.15) is 6.61 Å². The van der Waals surface area contributed by atoms with Crippen LogP contribution < -0.4 is 9.47 Å². The summed E-state index contributed by atoms with van der Waals surface area (Å²) in [5, 5.41) is 0.0383. The monoisotopic (exact) mass is 291 g/mol. The van der Waals surface area contributed by atoms with Crippen LogP contribution in [0.15, 0.2) is 0 Å². The van der Waals surface area contributed by atoms with E-state index in [-0.39, 0.29) is 17.3 Å². The van der Waals surface area contributed by atoms with Crippen LogP contribution in [0.4, 0.5) is 0 Å². The number of methoxy groups -OCH3 is 1. The van der Waals surface area contributed by atoms with Gasteiger partial charge in [-0.3, -0.25) is 0 Å². The first kappa shape index (κ1) is 15.9. The number of rotatable bonds is 10. The van der Waals surface area contributed by atoms with Gasteiger partial charge in [0.25, 0.3) is 0 Å². The fourth-order valence-corrected chi connectivity index (χ4v) is 1.22. The van der Waals surface area contributed by atoms with E-state index < -0.39 is 0 Å². The van der Waals surface area contributed by atoms with Gasteiger partial charge in [-0.2, -0.15) is 9.97 Å². The molecular formula is C11H18ClN3O4. The second-order valence-electron chi connectivity index (χ2n) is 3.47. The van der Waals surface area contributed by atoms with E-state index in [0.29, 0.717) is 33.0 Å². The van der Waals surface area contributed by atoms with Gasteiger partial charge in [-0.05, 0) is 18.0 Å². The first-order valence-electron chi connectivity index (χ1n) is 6.00. The highest BCUT2D eigenvalue weighted by molar-refractivity contribution is 6.28. The van der Waals surface area contributed by atoms with Crippen molar-refractivity contribution in [1.29, 1.82) is 0 Å². The maximum Gasteiger partial charge on any atom is 0.324 e. The van der Waals surface area contributed by atoms with E-state index in [1.165, 1.54) is 0 Å². The third kappa shape index (κ3) is 7.09. The van der Waals surface area contributed by atoms with E-state index in [9.17, 15) is 0 Å². The lowest BCUT2D eigenvalue weighted by atomic mass is 10.5. The molecule has 0 saturated carbocycles. The van der Waals surface area contributed by atoms with Crippen molar-refractivity contribution in [1.82, 2.24) is 15.0 Å². The number of halogens is 1. The number of aromatic nitrogens is 3. The Bertz CT molecular complexity index is 368. The van der Waals surface area contributed by atoms with Crippen molar-refractivity contribution in [3.8, 4) is 12.0 Å². The van der Waals surface area contributed by atoms with Crippen molar-refractivity contribution in [2.45, 2.75) is 13.3 Å². The molecule has 0 radical (unpaired) electrons. The summed E-state index contributed by atoms with van der Waals surface area (Å²) in [4.78, 5) is 11.6.